The minimum absolute atomic E-state index is 0.211. The summed E-state index contributed by atoms with van der Waals surface area (Å²) in [5.41, 5.74) is 3.50. The fraction of sp³-hybridized carbons (Fsp3) is 0.500. The van der Waals surface area contributed by atoms with Crippen LogP contribution in [0.3, 0.4) is 0 Å². The fourth-order valence-electron chi connectivity index (χ4n) is 2.76. The fourth-order valence-corrected chi connectivity index (χ4v) is 2.76. The summed E-state index contributed by atoms with van der Waals surface area (Å²) in [7, 11) is 1.86. The molecule has 1 amide bonds. The normalized spacial score (nSPS) is 23.1. The standard InChI is InChI=1S/C14H19N3O/c1-17-13-4-3-11(16-12-6-7-15-9-12)8-10(13)2-5-14(17)18/h3-4,8,12,15-16H,2,5-7,9H2,1H3. The summed E-state index contributed by atoms with van der Waals surface area (Å²) in [6.45, 7) is 2.13. The first-order valence-corrected chi connectivity index (χ1v) is 6.61. The van der Waals surface area contributed by atoms with Gasteiger partial charge >= 0.3 is 0 Å². The van der Waals surface area contributed by atoms with Crippen molar-refractivity contribution in [3.05, 3.63) is 23.8 Å². The Labute approximate surface area is 107 Å². The summed E-state index contributed by atoms with van der Waals surface area (Å²) in [6.07, 6.45) is 2.66. The van der Waals surface area contributed by atoms with Crippen molar-refractivity contribution in [2.24, 2.45) is 0 Å². The van der Waals surface area contributed by atoms with Crippen LogP contribution in [0.5, 0.6) is 0 Å². The number of benzene rings is 1. The Bertz CT molecular complexity index is 466. The number of anilines is 2. The summed E-state index contributed by atoms with van der Waals surface area (Å²) in [5.74, 6) is 0.211. The first-order chi connectivity index (χ1) is 8.74. The molecule has 18 heavy (non-hydrogen) atoms. The van der Waals surface area contributed by atoms with Crippen LogP contribution in [0, 0.1) is 0 Å². The molecule has 2 heterocycles. The van der Waals surface area contributed by atoms with Crippen LogP contribution >= 0.6 is 0 Å². The lowest BCUT2D eigenvalue weighted by Crippen LogP contribution is -2.31. The van der Waals surface area contributed by atoms with Crippen molar-refractivity contribution in [1.29, 1.82) is 0 Å². The molecule has 0 aliphatic carbocycles. The maximum absolute atomic E-state index is 11.6. The van der Waals surface area contributed by atoms with Crippen LogP contribution in [0.1, 0.15) is 18.4 Å². The molecule has 1 saturated heterocycles. The van der Waals surface area contributed by atoms with Gasteiger partial charge in [0.25, 0.3) is 0 Å². The maximum atomic E-state index is 11.6. The molecule has 1 unspecified atom stereocenters. The Morgan fingerprint density at radius 3 is 3.06 bits per heavy atom. The third-order valence-electron chi connectivity index (χ3n) is 3.85. The highest BCUT2D eigenvalue weighted by Crippen LogP contribution is 2.29. The van der Waals surface area contributed by atoms with Gasteiger partial charge in [0.05, 0.1) is 0 Å². The third-order valence-corrected chi connectivity index (χ3v) is 3.85. The number of rotatable bonds is 2. The molecular formula is C14H19N3O. The van der Waals surface area contributed by atoms with Gasteiger partial charge in [-0.2, -0.15) is 0 Å². The number of hydrogen-bond donors (Lipinski definition) is 2. The second-order valence-corrected chi connectivity index (χ2v) is 5.13. The SMILES string of the molecule is CN1C(=O)CCc2cc(NC3CCNC3)ccc21. The van der Waals surface area contributed by atoms with Crippen molar-refractivity contribution in [3.63, 3.8) is 0 Å². The van der Waals surface area contributed by atoms with Crippen molar-refractivity contribution in [2.45, 2.75) is 25.3 Å². The van der Waals surface area contributed by atoms with E-state index in [1.165, 1.54) is 17.7 Å². The van der Waals surface area contributed by atoms with Crippen LogP contribution < -0.4 is 15.5 Å². The zero-order valence-electron chi connectivity index (χ0n) is 10.7. The molecule has 3 rings (SSSR count). The van der Waals surface area contributed by atoms with E-state index in [-0.39, 0.29) is 5.91 Å². The minimum atomic E-state index is 0.211. The molecule has 1 aromatic rings. The lowest BCUT2D eigenvalue weighted by atomic mass is 10.0. The van der Waals surface area contributed by atoms with Gasteiger partial charge in [-0.3, -0.25) is 4.79 Å². The Kier molecular flexibility index (Phi) is 2.96. The second-order valence-electron chi connectivity index (χ2n) is 5.13. The number of amides is 1. The van der Waals surface area contributed by atoms with E-state index in [0.717, 1.165) is 25.2 Å². The number of aryl methyl sites for hydroxylation is 1. The van der Waals surface area contributed by atoms with Gasteiger partial charge in [0.2, 0.25) is 5.91 Å². The average molecular weight is 245 g/mol. The number of nitrogens with one attached hydrogen (secondary N) is 2. The van der Waals surface area contributed by atoms with E-state index in [9.17, 15) is 4.79 Å². The molecule has 2 N–H and O–H groups in total. The summed E-state index contributed by atoms with van der Waals surface area (Å²) < 4.78 is 0. The predicted octanol–water partition coefficient (Wildman–Crippen LogP) is 1.37. The monoisotopic (exact) mass is 245 g/mol. The van der Waals surface area contributed by atoms with Crippen molar-refractivity contribution in [3.8, 4) is 0 Å². The quantitative estimate of drug-likeness (QED) is 0.827. The molecule has 0 spiro atoms. The Hall–Kier alpha value is -1.55. The second kappa shape index (κ2) is 4.61. The molecule has 2 aliphatic rings. The van der Waals surface area contributed by atoms with E-state index in [4.69, 9.17) is 0 Å². The van der Waals surface area contributed by atoms with Crippen molar-refractivity contribution in [2.75, 3.05) is 30.4 Å². The van der Waals surface area contributed by atoms with Gasteiger partial charge in [0.15, 0.2) is 0 Å². The van der Waals surface area contributed by atoms with E-state index in [1.54, 1.807) is 4.90 Å². The lowest BCUT2D eigenvalue weighted by molar-refractivity contribution is -0.118. The largest absolute Gasteiger partial charge is 0.381 e. The maximum Gasteiger partial charge on any atom is 0.227 e. The molecule has 1 atom stereocenters. The highest BCUT2D eigenvalue weighted by atomic mass is 16.2. The molecule has 4 nitrogen and oxygen atoms in total. The van der Waals surface area contributed by atoms with E-state index < -0.39 is 0 Å². The average Bonchev–Trinajstić information content (AvgIpc) is 2.87. The molecule has 1 aromatic carbocycles. The lowest BCUT2D eigenvalue weighted by Gasteiger charge is -2.26. The van der Waals surface area contributed by atoms with Crippen molar-refractivity contribution in [1.82, 2.24) is 5.32 Å². The topological polar surface area (TPSA) is 44.4 Å². The van der Waals surface area contributed by atoms with Gasteiger partial charge in [0, 0.05) is 37.4 Å². The first kappa shape index (κ1) is 11.5. The van der Waals surface area contributed by atoms with Gasteiger partial charge in [-0.15, -0.1) is 0 Å². The summed E-state index contributed by atoms with van der Waals surface area (Å²) in [4.78, 5) is 13.4. The summed E-state index contributed by atoms with van der Waals surface area (Å²) in [6, 6.07) is 6.85. The van der Waals surface area contributed by atoms with Crippen LogP contribution in [0.25, 0.3) is 0 Å². The first-order valence-electron chi connectivity index (χ1n) is 6.61. The Morgan fingerprint density at radius 1 is 1.39 bits per heavy atom. The van der Waals surface area contributed by atoms with E-state index in [1.807, 2.05) is 7.05 Å². The zero-order chi connectivity index (χ0) is 12.5. The van der Waals surface area contributed by atoms with Crippen LogP contribution in [0.2, 0.25) is 0 Å². The molecule has 4 heteroatoms. The molecule has 1 fully saturated rings. The molecule has 0 aromatic heterocycles. The van der Waals surface area contributed by atoms with E-state index >= 15 is 0 Å². The minimum Gasteiger partial charge on any atom is -0.381 e. The number of carbonyl (C=O) groups is 1. The highest BCUT2D eigenvalue weighted by molar-refractivity contribution is 5.96. The highest BCUT2D eigenvalue weighted by Gasteiger charge is 2.21. The van der Waals surface area contributed by atoms with E-state index in [2.05, 4.69) is 28.8 Å². The number of nitrogens with zero attached hydrogens (tertiary/aromatic N) is 1. The van der Waals surface area contributed by atoms with Crippen LogP contribution in [-0.2, 0) is 11.2 Å². The summed E-state index contributed by atoms with van der Waals surface area (Å²) >= 11 is 0. The van der Waals surface area contributed by atoms with Crippen molar-refractivity contribution < 1.29 is 4.79 Å². The van der Waals surface area contributed by atoms with Crippen LogP contribution in [-0.4, -0.2) is 32.1 Å². The Morgan fingerprint density at radius 2 is 2.28 bits per heavy atom. The number of carbonyl (C=O) groups excluding carboxylic acids is 1. The third kappa shape index (κ3) is 2.08. The van der Waals surface area contributed by atoms with E-state index in [0.29, 0.717) is 12.5 Å². The van der Waals surface area contributed by atoms with Gasteiger partial charge in [-0.05, 0) is 43.1 Å². The van der Waals surface area contributed by atoms with Gasteiger partial charge in [-0.1, -0.05) is 0 Å². The molecule has 0 radical (unpaired) electrons. The summed E-state index contributed by atoms with van der Waals surface area (Å²) in [5, 5.41) is 6.90. The van der Waals surface area contributed by atoms with Crippen LogP contribution in [0.4, 0.5) is 11.4 Å². The molecule has 0 bridgehead atoms. The van der Waals surface area contributed by atoms with Gasteiger partial charge in [0.1, 0.15) is 0 Å². The smallest absolute Gasteiger partial charge is 0.227 e. The number of fused-ring (bicyclic) bond motifs is 1. The van der Waals surface area contributed by atoms with Crippen LogP contribution in [0.15, 0.2) is 18.2 Å². The molecule has 2 aliphatic heterocycles. The van der Waals surface area contributed by atoms with Gasteiger partial charge in [-0.25, -0.2) is 0 Å². The predicted molar refractivity (Wildman–Crippen MR) is 73.1 cm³/mol. The molecular weight excluding hydrogens is 226 g/mol. The van der Waals surface area contributed by atoms with Crippen molar-refractivity contribution >= 4 is 17.3 Å². The zero-order valence-corrected chi connectivity index (χ0v) is 10.7. The number of hydrogen-bond acceptors (Lipinski definition) is 3. The van der Waals surface area contributed by atoms with Gasteiger partial charge < -0.3 is 15.5 Å². The molecule has 96 valence electrons. The molecule has 0 saturated carbocycles. The Balaban J connectivity index is 1.80.